The number of hydrogen-bond acceptors (Lipinski definition) is 3. The maximum absolute atomic E-state index is 5.77. The van der Waals surface area contributed by atoms with Gasteiger partial charge in [-0.2, -0.15) is 0 Å². The molecule has 0 amide bonds. The van der Waals surface area contributed by atoms with Gasteiger partial charge in [0, 0.05) is 6.20 Å². The number of anilines is 2. The minimum Gasteiger partial charge on any atom is -0.397 e. The highest BCUT2D eigenvalue weighted by atomic mass is 15.0. The average molecular weight is 202 g/mol. The van der Waals surface area contributed by atoms with Gasteiger partial charge in [-0.3, -0.25) is 0 Å². The van der Waals surface area contributed by atoms with Crippen molar-refractivity contribution in [2.45, 2.75) is 13.8 Å². The highest BCUT2D eigenvalue weighted by Gasteiger charge is 2.05. The summed E-state index contributed by atoms with van der Waals surface area (Å²) in [6.07, 6.45) is 3.73. The van der Waals surface area contributed by atoms with Crippen molar-refractivity contribution < 1.29 is 0 Å². The number of aryl methyl sites for hydroxylation is 2. The molecule has 0 saturated carbocycles. The van der Waals surface area contributed by atoms with Crippen LogP contribution in [0.4, 0.5) is 11.4 Å². The van der Waals surface area contributed by atoms with Crippen molar-refractivity contribution in [3.63, 3.8) is 0 Å². The predicted molar refractivity (Wildman–Crippen MR) is 61.9 cm³/mol. The van der Waals surface area contributed by atoms with Crippen molar-refractivity contribution in [3.05, 3.63) is 35.9 Å². The minimum absolute atomic E-state index is 0.599. The normalized spacial score (nSPS) is 10.5. The number of nitrogens with zero attached hydrogens (tertiary/aromatic N) is 2. The molecule has 0 bridgehead atoms. The van der Waals surface area contributed by atoms with Crippen LogP contribution in [-0.2, 0) is 0 Å². The Morgan fingerprint density at radius 2 is 1.80 bits per heavy atom. The van der Waals surface area contributed by atoms with Crippen LogP contribution in [0.2, 0.25) is 0 Å². The van der Waals surface area contributed by atoms with E-state index in [1.54, 1.807) is 6.33 Å². The minimum atomic E-state index is 0.599. The summed E-state index contributed by atoms with van der Waals surface area (Å²) in [6, 6.07) is 3.74. The number of imidazole rings is 1. The van der Waals surface area contributed by atoms with E-state index < -0.39 is 0 Å². The van der Waals surface area contributed by atoms with Crippen molar-refractivity contribution in [3.8, 4) is 5.69 Å². The van der Waals surface area contributed by atoms with Crippen LogP contribution in [0.5, 0.6) is 0 Å². The first-order valence-electron chi connectivity index (χ1n) is 4.74. The van der Waals surface area contributed by atoms with E-state index in [0.29, 0.717) is 11.4 Å². The molecule has 0 aliphatic rings. The Bertz CT molecular complexity index is 499. The highest BCUT2D eigenvalue weighted by Crippen LogP contribution is 2.23. The first-order valence-corrected chi connectivity index (χ1v) is 4.74. The second-order valence-corrected chi connectivity index (χ2v) is 3.69. The van der Waals surface area contributed by atoms with Gasteiger partial charge in [0.25, 0.3) is 0 Å². The molecular weight excluding hydrogens is 188 g/mol. The fraction of sp³-hybridized carbons (Fsp3) is 0.182. The maximum atomic E-state index is 5.77. The molecule has 0 aliphatic heterocycles. The van der Waals surface area contributed by atoms with E-state index in [9.17, 15) is 0 Å². The van der Waals surface area contributed by atoms with Crippen LogP contribution in [0.1, 0.15) is 11.3 Å². The summed E-state index contributed by atoms with van der Waals surface area (Å²) in [5, 5.41) is 0. The van der Waals surface area contributed by atoms with Gasteiger partial charge in [0.15, 0.2) is 0 Å². The van der Waals surface area contributed by atoms with Crippen LogP contribution in [0.3, 0.4) is 0 Å². The molecule has 0 atom stereocenters. The number of hydrogen-bond donors (Lipinski definition) is 2. The van der Waals surface area contributed by atoms with E-state index in [4.69, 9.17) is 11.5 Å². The SMILES string of the molecule is Cc1cn(-c2cc(N)c(N)cc2C)cn1. The largest absolute Gasteiger partial charge is 0.397 e. The van der Waals surface area contributed by atoms with Crippen LogP contribution in [0, 0.1) is 13.8 Å². The van der Waals surface area contributed by atoms with Crippen LogP contribution in [-0.4, -0.2) is 9.55 Å². The van der Waals surface area contributed by atoms with Crippen molar-refractivity contribution >= 4 is 11.4 Å². The summed E-state index contributed by atoms with van der Waals surface area (Å²) in [4.78, 5) is 4.18. The topological polar surface area (TPSA) is 69.9 Å². The van der Waals surface area contributed by atoms with Crippen molar-refractivity contribution in [2.75, 3.05) is 11.5 Å². The van der Waals surface area contributed by atoms with Crippen LogP contribution >= 0.6 is 0 Å². The summed E-state index contributed by atoms with van der Waals surface area (Å²) in [7, 11) is 0. The Balaban J connectivity index is 2.58. The molecule has 4 heteroatoms. The molecule has 2 aromatic rings. The maximum Gasteiger partial charge on any atom is 0.0995 e. The summed E-state index contributed by atoms with van der Waals surface area (Å²) >= 11 is 0. The summed E-state index contributed by atoms with van der Waals surface area (Å²) in [6.45, 7) is 3.95. The molecule has 0 unspecified atom stereocenters. The Morgan fingerprint density at radius 3 is 2.40 bits per heavy atom. The highest BCUT2D eigenvalue weighted by molar-refractivity contribution is 5.69. The second kappa shape index (κ2) is 3.31. The van der Waals surface area contributed by atoms with Crippen molar-refractivity contribution in [2.24, 2.45) is 0 Å². The monoisotopic (exact) mass is 202 g/mol. The molecule has 1 aromatic heterocycles. The third-order valence-corrected chi connectivity index (χ3v) is 2.39. The molecule has 1 heterocycles. The van der Waals surface area contributed by atoms with Gasteiger partial charge in [-0.15, -0.1) is 0 Å². The Labute approximate surface area is 88.5 Å². The fourth-order valence-corrected chi connectivity index (χ4v) is 1.57. The number of aromatic nitrogens is 2. The molecule has 1 aromatic carbocycles. The molecule has 2 rings (SSSR count). The lowest BCUT2D eigenvalue weighted by atomic mass is 10.1. The zero-order chi connectivity index (χ0) is 11.0. The van der Waals surface area contributed by atoms with E-state index in [-0.39, 0.29) is 0 Å². The summed E-state index contributed by atoms with van der Waals surface area (Å²) in [5.41, 5.74) is 15.8. The van der Waals surface area contributed by atoms with Gasteiger partial charge in [-0.05, 0) is 31.5 Å². The summed E-state index contributed by atoms with van der Waals surface area (Å²) in [5.74, 6) is 0. The molecule has 15 heavy (non-hydrogen) atoms. The smallest absolute Gasteiger partial charge is 0.0995 e. The third kappa shape index (κ3) is 1.66. The zero-order valence-electron chi connectivity index (χ0n) is 8.86. The molecule has 0 fully saturated rings. The van der Waals surface area contributed by atoms with Gasteiger partial charge in [0.05, 0.1) is 29.1 Å². The van der Waals surface area contributed by atoms with Gasteiger partial charge >= 0.3 is 0 Å². The second-order valence-electron chi connectivity index (χ2n) is 3.69. The lowest BCUT2D eigenvalue weighted by Crippen LogP contribution is -2.00. The Morgan fingerprint density at radius 1 is 1.13 bits per heavy atom. The Hall–Kier alpha value is -1.97. The lowest BCUT2D eigenvalue weighted by Gasteiger charge is -2.09. The van der Waals surface area contributed by atoms with Gasteiger partial charge < -0.3 is 16.0 Å². The molecule has 0 radical (unpaired) electrons. The van der Waals surface area contributed by atoms with Crippen LogP contribution in [0.15, 0.2) is 24.7 Å². The summed E-state index contributed by atoms with van der Waals surface area (Å²) < 4.78 is 1.94. The van der Waals surface area contributed by atoms with Gasteiger partial charge in [0.1, 0.15) is 0 Å². The molecule has 0 spiro atoms. The fourth-order valence-electron chi connectivity index (χ4n) is 1.57. The van der Waals surface area contributed by atoms with E-state index in [1.807, 2.05) is 36.7 Å². The number of rotatable bonds is 1. The lowest BCUT2D eigenvalue weighted by molar-refractivity contribution is 1.04. The van der Waals surface area contributed by atoms with Crippen LogP contribution in [0.25, 0.3) is 5.69 Å². The number of nitrogens with two attached hydrogens (primary N) is 2. The average Bonchev–Trinajstić information content (AvgIpc) is 2.58. The van der Waals surface area contributed by atoms with E-state index in [0.717, 1.165) is 16.9 Å². The molecular formula is C11H14N4. The zero-order valence-corrected chi connectivity index (χ0v) is 8.86. The molecule has 4 nitrogen and oxygen atoms in total. The van der Waals surface area contributed by atoms with E-state index in [1.165, 1.54) is 0 Å². The number of nitrogen functional groups attached to an aromatic ring is 2. The molecule has 0 aliphatic carbocycles. The van der Waals surface area contributed by atoms with Gasteiger partial charge in [-0.1, -0.05) is 0 Å². The molecule has 4 N–H and O–H groups in total. The van der Waals surface area contributed by atoms with Gasteiger partial charge in [0.2, 0.25) is 0 Å². The molecule has 0 saturated heterocycles. The van der Waals surface area contributed by atoms with Crippen LogP contribution < -0.4 is 11.5 Å². The molecule has 78 valence electrons. The predicted octanol–water partition coefficient (Wildman–Crippen LogP) is 1.65. The van der Waals surface area contributed by atoms with E-state index in [2.05, 4.69) is 4.98 Å². The first kappa shape index (κ1) is 9.58. The van der Waals surface area contributed by atoms with E-state index >= 15 is 0 Å². The third-order valence-electron chi connectivity index (χ3n) is 2.39. The van der Waals surface area contributed by atoms with Gasteiger partial charge in [-0.25, -0.2) is 4.98 Å². The quantitative estimate of drug-likeness (QED) is 0.691. The standard InChI is InChI=1S/C11H14N4/c1-7-3-9(12)10(13)4-11(7)15-5-8(2)14-6-15/h3-6H,12-13H2,1-2H3. The first-order chi connectivity index (χ1) is 7.08. The number of benzene rings is 1. The van der Waals surface area contributed by atoms with Crippen molar-refractivity contribution in [1.82, 2.24) is 9.55 Å². The Kier molecular flexibility index (Phi) is 2.11. The van der Waals surface area contributed by atoms with Crippen molar-refractivity contribution in [1.29, 1.82) is 0 Å².